The van der Waals surface area contributed by atoms with Gasteiger partial charge in [-0.2, -0.15) is 0 Å². The van der Waals surface area contributed by atoms with Gasteiger partial charge in [-0.3, -0.25) is 9.59 Å². The number of nitrogens with one attached hydrogen (secondary N) is 2. The van der Waals surface area contributed by atoms with Gasteiger partial charge in [-0.1, -0.05) is 13.8 Å². The minimum Gasteiger partial charge on any atom is -0.346 e. The molecule has 36 heavy (non-hydrogen) atoms. The number of fused-ring (bicyclic) bond motifs is 6. The number of imidazole rings is 1. The van der Waals surface area contributed by atoms with Crippen molar-refractivity contribution in [2.24, 2.45) is 34.5 Å². The molecule has 0 spiro atoms. The van der Waals surface area contributed by atoms with Crippen molar-refractivity contribution in [3.63, 3.8) is 0 Å². The number of aromatic amines is 1. The molecule has 3 fully saturated rings. The lowest BCUT2D eigenvalue weighted by Gasteiger charge is -2.60. The highest BCUT2D eigenvalue weighted by atomic mass is 19.1. The fourth-order valence-corrected chi connectivity index (χ4v) is 8.71. The maximum absolute atomic E-state index is 14.6. The van der Waals surface area contributed by atoms with E-state index in [0.29, 0.717) is 23.4 Å². The summed E-state index contributed by atoms with van der Waals surface area (Å²) >= 11 is 0. The van der Waals surface area contributed by atoms with Gasteiger partial charge in [0.1, 0.15) is 5.82 Å². The van der Waals surface area contributed by atoms with Crippen molar-refractivity contribution in [2.45, 2.75) is 71.4 Å². The van der Waals surface area contributed by atoms with E-state index in [1.807, 2.05) is 19.1 Å². The Morgan fingerprint density at radius 2 is 2.03 bits per heavy atom. The van der Waals surface area contributed by atoms with Crippen LogP contribution in [0.3, 0.4) is 0 Å². The van der Waals surface area contributed by atoms with E-state index in [0.717, 1.165) is 49.9 Å². The van der Waals surface area contributed by atoms with E-state index < -0.39 is 11.7 Å². The van der Waals surface area contributed by atoms with E-state index in [-0.39, 0.29) is 34.7 Å². The Labute approximate surface area is 211 Å². The number of likely N-dealkylation sites (N-methyl/N-ethyl adjacent to an activating group) is 1. The van der Waals surface area contributed by atoms with Crippen molar-refractivity contribution in [1.82, 2.24) is 25.2 Å². The largest absolute Gasteiger partial charge is 0.346 e. The molecular formula is C28H36FN5O2. The molecule has 6 rings (SSSR count). The highest BCUT2D eigenvalue weighted by molar-refractivity contribution is 5.92. The summed E-state index contributed by atoms with van der Waals surface area (Å²) in [6.07, 6.45) is 9.11. The third-order valence-corrected chi connectivity index (χ3v) is 10.5. The van der Waals surface area contributed by atoms with Crippen LogP contribution in [0.15, 0.2) is 30.2 Å². The molecule has 0 aromatic carbocycles. The first-order chi connectivity index (χ1) is 17.1. The zero-order valence-corrected chi connectivity index (χ0v) is 21.6. The molecule has 2 aromatic heterocycles. The van der Waals surface area contributed by atoms with Crippen LogP contribution in [0.1, 0.15) is 71.2 Å². The number of carbonyl (C=O) groups excluding carboxylic acids is 2. The van der Waals surface area contributed by atoms with Crippen molar-refractivity contribution in [2.75, 3.05) is 7.05 Å². The van der Waals surface area contributed by atoms with E-state index in [1.54, 1.807) is 24.2 Å². The summed E-state index contributed by atoms with van der Waals surface area (Å²) in [5.74, 6) is 0.917. The van der Waals surface area contributed by atoms with E-state index >= 15 is 0 Å². The molecule has 7 nitrogen and oxygen atoms in total. The van der Waals surface area contributed by atoms with Crippen LogP contribution >= 0.6 is 0 Å². The summed E-state index contributed by atoms with van der Waals surface area (Å²) in [5.41, 5.74) is 1.11. The molecule has 0 radical (unpaired) electrons. The molecule has 8 heteroatoms. The summed E-state index contributed by atoms with van der Waals surface area (Å²) in [6, 6.07) is 3.62. The Hall–Kier alpha value is -2.77. The lowest BCUT2D eigenvalue weighted by atomic mass is 9.47. The van der Waals surface area contributed by atoms with Crippen LogP contribution in [0, 0.1) is 34.5 Å². The van der Waals surface area contributed by atoms with Gasteiger partial charge in [0.15, 0.2) is 11.5 Å². The molecule has 0 saturated heterocycles. The molecule has 2 amide bonds. The minimum absolute atomic E-state index is 0.0400. The van der Waals surface area contributed by atoms with Crippen LogP contribution in [-0.2, 0) is 9.59 Å². The monoisotopic (exact) mass is 493 g/mol. The summed E-state index contributed by atoms with van der Waals surface area (Å²) in [7, 11) is 1.75. The van der Waals surface area contributed by atoms with Crippen LogP contribution in [0.2, 0.25) is 0 Å². The third kappa shape index (κ3) is 3.28. The predicted octanol–water partition coefficient (Wildman–Crippen LogP) is 4.69. The number of H-pyrrole nitrogens is 1. The van der Waals surface area contributed by atoms with E-state index in [2.05, 4.69) is 34.1 Å². The standard InChI is InChI=1S/C28H36FN5O2/c1-15(23-32-21-6-5-13-30-24(21)33-23)31-25(35)19-9-8-17-16-7-10-22-28(3,14-20(29)26(36)34(22)4)18(16)11-12-27(17,19)2/h5-6,13-19,22H,7-12H2,1-4H3,(H,31,35)(H,30,32,33)/t15?,16?,17-,18?,19+,22+,27-,28+/m0/s1. The smallest absolute Gasteiger partial charge is 0.282 e. The number of halogens is 1. The van der Waals surface area contributed by atoms with Crippen LogP contribution in [0.5, 0.6) is 0 Å². The van der Waals surface area contributed by atoms with Gasteiger partial charge in [0.05, 0.1) is 11.6 Å². The molecule has 0 bridgehead atoms. The second-order valence-electron chi connectivity index (χ2n) is 12.1. The van der Waals surface area contributed by atoms with Crippen LogP contribution in [-0.4, -0.2) is 44.8 Å². The average molecular weight is 494 g/mol. The van der Waals surface area contributed by atoms with Gasteiger partial charge in [-0.15, -0.1) is 0 Å². The number of hydrogen-bond donors (Lipinski definition) is 2. The molecular weight excluding hydrogens is 457 g/mol. The Balaban J connectivity index is 1.21. The Morgan fingerprint density at radius 1 is 1.22 bits per heavy atom. The topological polar surface area (TPSA) is 91.0 Å². The summed E-state index contributed by atoms with van der Waals surface area (Å²) in [5, 5.41) is 3.23. The molecule has 2 N–H and O–H groups in total. The number of aromatic nitrogens is 3. The van der Waals surface area contributed by atoms with E-state index in [1.165, 1.54) is 0 Å². The number of pyridine rings is 1. The van der Waals surface area contributed by atoms with Crippen molar-refractivity contribution in [3.8, 4) is 0 Å². The Bertz CT molecular complexity index is 1220. The molecule has 4 aliphatic rings. The first-order valence-corrected chi connectivity index (χ1v) is 13.4. The lowest BCUT2D eigenvalue weighted by molar-refractivity contribution is -0.145. The van der Waals surface area contributed by atoms with Crippen LogP contribution < -0.4 is 5.32 Å². The second kappa shape index (κ2) is 8.12. The predicted molar refractivity (Wildman–Crippen MR) is 134 cm³/mol. The normalized spacial score (nSPS) is 38.7. The summed E-state index contributed by atoms with van der Waals surface area (Å²) in [4.78, 5) is 39.7. The maximum Gasteiger partial charge on any atom is 0.282 e. The first-order valence-electron chi connectivity index (χ1n) is 13.4. The van der Waals surface area contributed by atoms with Gasteiger partial charge in [-0.05, 0) is 86.8 Å². The van der Waals surface area contributed by atoms with Crippen molar-refractivity contribution in [1.29, 1.82) is 0 Å². The molecule has 8 atom stereocenters. The maximum atomic E-state index is 14.6. The Kier molecular flexibility index (Phi) is 5.33. The van der Waals surface area contributed by atoms with Crippen LogP contribution in [0.4, 0.5) is 4.39 Å². The zero-order valence-electron chi connectivity index (χ0n) is 21.6. The van der Waals surface area contributed by atoms with Gasteiger partial charge in [0.25, 0.3) is 5.91 Å². The zero-order chi connectivity index (χ0) is 25.4. The average Bonchev–Trinajstić information content (AvgIpc) is 3.43. The summed E-state index contributed by atoms with van der Waals surface area (Å²) < 4.78 is 14.6. The van der Waals surface area contributed by atoms with Crippen LogP contribution in [0.25, 0.3) is 11.2 Å². The van der Waals surface area contributed by atoms with Gasteiger partial charge in [-0.25, -0.2) is 14.4 Å². The van der Waals surface area contributed by atoms with E-state index in [9.17, 15) is 14.0 Å². The van der Waals surface area contributed by atoms with Gasteiger partial charge < -0.3 is 15.2 Å². The van der Waals surface area contributed by atoms with Crippen molar-refractivity contribution in [3.05, 3.63) is 36.1 Å². The fourth-order valence-electron chi connectivity index (χ4n) is 8.71. The van der Waals surface area contributed by atoms with Crippen molar-refractivity contribution < 1.29 is 14.0 Å². The summed E-state index contributed by atoms with van der Waals surface area (Å²) in [6.45, 7) is 6.43. The minimum atomic E-state index is -0.608. The SMILES string of the molecule is CC(NC(=O)[C@H]1CC[C@H]2C3CC[C@H]4N(C)C(=O)C(F)=C[C@]4(C)C3CC[C@]12C)c1nc2ncccc2[nH]1. The number of rotatable bonds is 3. The highest BCUT2D eigenvalue weighted by Gasteiger charge is 2.62. The van der Waals surface area contributed by atoms with Gasteiger partial charge >= 0.3 is 0 Å². The quantitative estimate of drug-likeness (QED) is 0.649. The fraction of sp³-hybridized carbons (Fsp3) is 0.643. The first kappa shape index (κ1) is 23.6. The molecule has 2 aromatic rings. The molecule has 3 saturated carbocycles. The van der Waals surface area contributed by atoms with Gasteiger partial charge in [0, 0.05) is 30.6 Å². The second-order valence-corrected chi connectivity index (χ2v) is 12.1. The molecule has 3 heterocycles. The lowest BCUT2D eigenvalue weighted by Crippen LogP contribution is -2.60. The number of nitrogens with zero attached hydrogens (tertiary/aromatic N) is 3. The molecule has 3 aliphatic carbocycles. The third-order valence-electron chi connectivity index (χ3n) is 10.5. The number of hydrogen-bond acceptors (Lipinski definition) is 4. The molecule has 192 valence electrons. The van der Waals surface area contributed by atoms with Crippen molar-refractivity contribution >= 4 is 23.0 Å². The Morgan fingerprint density at radius 3 is 2.81 bits per heavy atom. The number of amides is 2. The number of carbonyl (C=O) groups is 2. The highest BCUT2D eigenvalue weighted by Crippen LogP contribution is 2.65. The van der Waals surface area contributed by atoms with E-state index in [4.69, 9.17) is 0 Å². The molecule has 3 unspecified atom stereocenters. The van der Waals surface area contributed by atoms with Gasteiger partial charge in [0.2, 0.25) is 5.91 Å². The molecule has 1 aliphatic heterocycles.